The van der Waals surface area contributed by atoms with Gasteiger partial charge in [-0.15, -0.1) is 11.3 Å². The van der Waals surface area contributed by atoms with Crippen molar-refractivity contribution in [2.45, 2.75) is 19.9 Å². The molecule has 5 heteroatoms. The van der Waals surface area contributed by atoms with Crippen LogP contribution in [-0.4, -0.2) is 12.0 Å². The Morgan fingerprint density at radius 2 is 2.26 bits per heavy atom. The van der Waals surface area contributed by atoms with Crippen LogP contribution in [0.3, 0.4) is 0 Å². The van der Waals surface area contributed by atoms with Gasteiger partial charge in [-0.3, -0.25) is 0 Å². The van der Waals surface area contributed by atoms with Gasteiger partial charge in [-0.1, -0.05) is 6.92 Å². The number of aromatic nitrogens is 1. The number of thiazole rings is 1. The molecule has 2 aromatic rings. The molecule has 1 heterocycles. The summed E-state index contributed by atoms with van der Waals surface area (Å²) in [5, 5.41) is 10.1. The van der Waals surface area contributed by atoms with Crippen molar-refractivity contribution in [2.75, 3.05) is 11.9 Å². The van der Waals surface area contributed by atoms with E-state index in [1.165, 1.54) is 12.1 Å². The maximum absolute atomic E-state index is 13.1. The van der Waals surface area contributed by atoms with Gasteiger partial charge in [0.1, 0.15) is 11.9 Å². The zero-order valence-corrected chi connectivity index (χ0v) is 11.7. The minimum absolute atomic E-state index is 0.350. The number of aryl methyl sites for hydroxylation is 1. The molecule has 1 aromatic carbocycles. The van der Waals surface area contributed by atoms with Gasteiger partial charge in [-0.05, 0) is 24.6 Å². The summed E-state index contributed by atoms with van der Waals surface area (Å²) in [6.07, 6.45) is 2.78. The van der Waals surface area contributed by atoms with Gasteiger partial charge in [0.05, 0.1) is 22.8 Å². The summed E-state index contributed by atoms with van der Waals surface area (Å²) in [7, 11) is 1.89. The second-order valence-corrected chi connectivity index (χ2v) is 5.40. The summed E-state index contributed by atoms with van der Waals surface area (Å²) in [6.45, 7) is 2.73. The molecule has 0 aliphatic carbocycles. The monoisotopic (exact) mass is 275 g/mol. The fourth-order valence-corrected chi connectivity index (χ4v) is 2.75. The zero-order valence-electron chi connectivity index (χ0n) is 10.9. The lowest BCUT2D eigenvalue weighted by atomic mass is 10.1. The van der Waals surface area contributed by atoms with Gasteiger partial charge < -0.3 is 4.90 Å². The van der Waals surface area contributed by atoms with E-state index in [1.54, 1.807) is 17.4 Å². The lowest BCUT2D eigenvalue weighted by Crippen LogP contribution is -2.16. The van der Waals surface area contributed by atoms with Crippen molar-refractivity contribution in [3.05, 3.63) is 45.7 Å². The summed E-state index contributed by atoms with van der Waals surface area (Å²) in [5.74, 6) is -0.389. The van der Waals surface area contributed by atoms with E-state index in [0.717, 1.165) is 22.0 Å². The number of rotatable bonds is 4. The molecule has 0 radical (unpaired) electrons. The average Bonchev–Trinajstić information content (AvgIpc) is 2.86. The lowest BCUT2D eigenvalue weighted by Gasteiger charge is -2.19. The molecule has 0 aliphatic heterocycles. The summed E-state index contributed by atoms with van der Waals surface area (Å²) in [5.41, 5.74) is 1.08. The first kappa shape index (κ1) is 13.5. The number of nitriles is 1. The van der Waals surface area contributed by atoms with Crippen LogP contribution in [-0.2, 0) is 13.0 Å². The Kier molecular flexibility index (Phi) is 4.13. The second-order valence-electron chi connectivity index (χ2n) is 4.20. The number of benzene rings is 1. The quantitative estimate of drug-likeness (QED) is 0.859. The summed E-state index contributed by atoms with van der Waals surface area (Å²) >= 11 is 1.66. The van der Waals surface area contributed by atoms with Crippen molar-refractivity contribution in [2.24, 2.45) is 0 Å². The van der Waals surface area contributed by atoms with E-state index in [1.807, 2.05) is 24.2 Å². The Hall–Kier alpha value is -1.93. The Bertz CT molecular complexity index is 615. The van der Waals surface area contributed by atoms with E-state index < -0.39 is 0 Å². The molecule has 2 rings (SSSR count). The lowest BCUT2D eigenvalue weighted by molar-refractivity contribution is 0.627. The van der Waals surface area contributed by atoms with Gasteiger partial charge in [-0.2, -0.15) is 5.26 Å². The van der Waals surface area contributed by atoms with Gasteiger partial charge in [0.15, 0.2) is 0 Å². The van der Waals surface area contributed by atoms with E-state index >= 15 is 0 Å². The molecule has 0 bridgehead atoms. The van der Waals surface area contributed by atoms with Crippen LogP contribution < -0.4 is 4.90 Å². The fourth-order valence-electron chi connectivity index (χ4n) is 1.83. The largest absolute Gasteiger partial charge is 0.368 e. The van der Waals surface area contributed by atoms with Crippen LogP contribution in [0.4, 0.5) is 10.1 Å². The summed E-state index contributed by atoms with van der Waals surface area (Å²) < 4.78 is 13.1. The van der Waals surface area contributed by atoms with Crippen molar-refractivity contribution in [3.63, 3.8) is 0 Å². The van der Waals surface area contributed by atoms with Crippen LogP contribution in [0.2, 0.25) is 0 Å². The molecule has 0 saturated heterocycles. The minimum atomic E-state index is -0.389. The Morgan fingerprint density at radius 1 is 1.47 bits per heavy atom. The molecule has 0 atom stereocenters. The summed E-state index contributed by atoms with van der Waals surface area (Å²) in [4.78, 5) is 7.37. The highest BCUT2D eigenvalue weighted by Crippen LogP contribution is 2.23. The third-order valence-electron chi connectivity index (χ3n) is 2.79. The SMILES string of the molecule is CCc1ncc(CN(C)c2ccc(F)cc2C#N)s1. The highest BCUT2D eigenvalue weighted by molar-refractivity contribution is 7.11. The summed E-state index contributed by atoms with van der Waals surface area (Å²) in [6, 6.07) is 6.29. The normalized spacial score (nSPS) is 10.2. The molecule has 0 saturated carbocycles. The van der Waals surface area contributed by atoms with Crippen LogP contribution in [0.1, 0.15) is 22.4 Å². The Labute approximate surface area is 115 Å². The molecule has 19 heavy (non-hydrogen) atoms. The van der Waals surface area contributed by atoms with E-state index in [-0.39, 0.29) is 5.82 Å². The third-order valence-corrected chi connectivity index (χ3v) is 3.91. The van der Waals surface area contributed by atoms with Crippen molar-refractivity contribution < 1.29 is 4.39 Å². The average molecular weight is 275 g/mol. The molecular weight excluding hydrogens is 261 g/mol. The second kappa shape index (κ2) is 5.81. The van der Waals surface area contributed by atoms with Crippen LogP contribution >= 0.6 is 11.3 Å². The standard InChI is InChI=1S/C14H14FN3S/c1-3-14-17-8-12(19-14)9-18(2)13-5-4-11(15)6-10(13)7-16/h4-6,8H,3,9H2,1-2H3. The predicted molar refractivity (Wildman–Crippen MR) is 74.7 cm³/mol. The van der Waals surface area contributed by atoms with Crippen LogP contribution in [0.25, 0.3) is 0 Å². The van der Waals surface area contributed by atoms with Crippen molar-refractivity contribution in [3.8, 4) is 6.07 Å². The molecule has 1 aromatic heterocycles. The molecule has 0 spiro atoms. The highest BCUT2D eigenvalue weighted by Gasteiger charge is 2.10. The fraction of sp³-hybridized carbons (Fsp3) is 0.286. The first-order chi connectivity index (χ1) is 9.13. The maximum Gasteiger partial charge on any atom is 0.124 e. The molecule has 0 N–H and O–H groups in total. The first-order valence-electron chi connectivity index (χ1n) is 5.98. The predicted octanol–water partition coefficient (Wildman–Crippen LogP) is 3.35. The number of hydrogen-bond acceptors (Lipinski definition) is 4. The van der Waals surface area contributed by atoms with Crippen LogP contribution in [0, 0.1) is 17.1 Å². The van der Waals surface area contributed by atoms with Gasteiger partial charge >= 0.3 is 0 Å². The Balaban J connectivity index is 2.20. The van der Waals surface area contributed by atoms with E-state index in [2.05, 4.69) is 11.9 Å². The Morgan fingerprint density at radius 3 is 2.89 bits per heavy atom. The van der Waals surface area contributed by atoms with Gasteiger partial charge in [0.2, 0.25) is 0 Å². The topological polar surface area (TPSA) is 39.9 Å². The van der Waals surface area contributed by atoms with E-state index in [0.29, 0.717) is 12.1 Å². The van der Waals surface area contributed by atoms with Gasteiger partial charge in [0.25, 0.3) is 0 Å². The van der Waals surface area contributed by atoms with Crippen molar-refractivity contribution in [1.29, 1.82) is 5.26 Å². The zero-order chi connectivity index (χ0) is 13.8. The number of hydrogen-bond donors (Lipinski definition) is 0. The number of halogens is 1. The van der Waals surface area contributed by atoms with Gasteiger partial charge in [-0.25, -0.2) is 9.37 Å². The van der Waals surface area contributed by atoms with Crippen molar-refractivity contribution >= 4 is 17.0 Å². The first-order valence-corrected chi connectivity index (χ1v) is 6.80. The molecule has 0 fully saturated rings. The van der Waals surface area contributed by atoms with E-state index in [4.69, 9.17) is 5.26 Å². The molecule has 0 amide bonds. The molecule has 98 valence electrons. The highest BCUT2D eigenvalue weighted by atomic mass is 32.1. The minimum Gasteiger partial charge on any atom is -0.368 e. The van der Waals surface area contributed by atoms with E-state index in [9.17, 15) is 4.39 Å². The molecular formula is C14H14FN3S. The van der Waals surface area contributed by atoms with Crippen LogP contribution in [0.15, 0.2) is 24.4 Å². The maximum atomic E-state index is 13.1. The third kappa shape index (κ3) is 3.09. The van der Waals surface area contributed by atoms with Crippen LogP contribution in [0.5, 0.6) is 0 Å². The molecule has 3 nitrogen and oxygen atoms in total. The molecule has 0 unspecified atom stereocenters. The van der Waals surface area contributed by atoms with Gasteiger partial charge in [0, 0.05) is 18.1 Å². The number of anilines is 1. The van der Waals surface area contributed by atoms with Crippen molar-refractivity contribution in [1.82, 2.24) is 4.98 Å². The smallest absolute Gasteiger partial charge is 0.124 e. The number of nitrogens with zero attached hydrogens (tertiary/aromatic N) is 3. The molecule has 0 aliphatic rings.